The molecule has 0 bridgehead atoms. The first-order chi connectivity index (χ1) is 4.66. The van der Waals surface area contributed by atoms with E-state index in [-0.39, 0.29) is 45.2 Å². The molecule has 65 valence electrons. The first-order valence-electron chi connectivity index (χ1n) is 2.79. The average Bonchev–Trinajstić information content (AvgIpc) is 1.91. The van der Waals surface area contributed by atoms with Crippen LogP contribution in [0.2, 0.25) is 0 Å². The Bertz CT molecular complexity index is 88.6. The number of likely N-dealkylation sites (N-methyl/N-ethyl adjacent to an activating group) is 2. The van der Waals surface area contributed by atoms with Gasteiger partial charge in [-0.25, -0.2) is 0 Å². The molecule has 0 aromatic carbocycles. The average molecular weight is 235 g/mol. The molecule has 0 saturated carbocycles. The van der Waals surface area contributed by atoms with Crippen molar-refractivity contribution in [2.24, 2.45) is 0 Å². The number of nitrogens with one attached hydrogen (secondary N) is 3. The Labute approximate surface area is 92.7 Å². The Morgan fingerprint density at radius 2 is 1.91 bits per heavy atom. The van der Waals surface area contributed by atoms with Crippen LogP contribution >= 0.6 is 0 Å². The Morgan fingerprint density at radius 1 is 1.55 bits per heavy atom. The minimum atomic E-state index is -0.137. The van der Waals surface area contributed by atoms with Crippen LogP contribution in [0.15, 0.2) is 0 Å². The van der Waals surface area contributed by atoms with E-state index in [0.717, 1.165) is 5.01 Å². The Morgan fingerprint density at radius 3 is 2.00 bits per heavy atom. The van der Waals surface area contributed by atoms with Gasteiger partial charge in [-0.1, -0.05) is 0 Å². The van der Waals surface area contributed by atoms with Gasteiger partial charge in [0, 0.05) is 39.8 Å². The second-order valence-electron chi connectivity index (χ2n) is 1.53. The molecule has 0 aromatic heterocycles. The van der Waals surface area contributed by atoms with Crippen LogP contribution in [0.4, 0.5) is 0 Å². The van der Waals surface area contributed by atoms with Crippen molar-refractivity contribution in [2.75, 3.05) is 27.7 Å². The third-order valence-corrected chi connectivity index (χ3v) is 0.660. The molecule has 0 aliphatic carbocycles. The molecule has 0 spiro atoms. The summed E-state index contributed by atoms with van der Waals surface area (Å²) in [5, 5.41) is 3.46. The third-order valence-electron chi connectivity index (χ3n) is 0.660. The molecule has 3 N–H and O–H groups in total. The van der Waals surface area contributed by atoms with Crippen LogP contribution in [0.3, 0.4) is 0 Å². The molecular formula is C5H14N4OY-2. The summed E-state index contributed by atoms with van der Waals surface area (Å²) in [6.07, 6.45) is 0. The Hall–Kier alpha value is 0.454. The molecular weight excluding hydrogens is 221 g/mol. The van der Waals surface area contributed by atoms with E-state index in [1.807, 2.05) is 0 Å². The van der Waals surface area contributed by atoms with Crippen LogP contribution in [-0.2, 0) is 37.5 Å². The molecule has 0 atom stereocenters. The van der Waals surface area contributed by atoms with E-state index in [2.05, 4.69) is 5.32 Å². The van der Waals surface area contributed by atoms with E-state index in [4.69, 9.17) is 11.6 Å². The summed E-state index contributed by atoms with van der Waals surface area (Å²) < 4.78 is 0. The van der Waals surface area contributed by atoms with Crippen LogP contribution in [0.5, 0.6) is 0 Å². The number of carbonyl (C=O) groups is 1. The predicted molar refractivity (Wildman–Crippen MR) is 41.3 cm³/mol. The van der Waals surface area contributed by atoms with Crippen molar-refractivity contribution < 1.29 is 37.5 Å². The van der Waals surface area contributed by atoms with Gasteiger partial charge in [0.05, 0.1) is 6.54 Å². The minimum absolute atomic E-state index is 0. The molecule has 1 radical (unpaired) electrons. The zero-order valence-corrected chi connectivity index (χ0v) is 9.98. The van der Waals surface area contributed by atoms with Crippen LogP contribution in [0, 0.1) is 0 Å². The second kappa shape index (κ2) is 13.1. The molecule has 0 heterocycles. The number of nitrogens with zero attached hydrogens (tertiary/aromatic N) is 1. The van der Waals surface area contributed by atoms with Crippen molar-refractivity contribution >= 4 is 5.91 Å². The number of carbonyl (C=O) groups excluding carboxylic acids is 1. The van der Waals surface area contributed by atoms with Crippen LogP contribution in [-0.4, -0.2) is 38.6 Å². The maximum absolute atomic E-state index is 10.3. The number of rotatable bonds is 2. The van der Waals surface area contributed by atoms with Gasteiger partial charge in [-0.05, 0) is 7.05 Å². The fraction of sp³-hybridized carbons (Fsp3) is 0.800. The zero-order valence-electron chi connectivity index (χ0n) is 7.14. The van der Waals surface area contributed by atoms with Crippen LogP contribution < -0.4 is 5.32 Å². The quantitative estimate of drug-likeness (QED) is 0.698. The monoisotopic (exact) mass is 235 g/mol. The third kappa shape index (κ3) is 17.9. The van der Waals surface area contributed by atoms with Crippen molar-refractivity contribution in [2.45, 2.75) is 0 Å². The molecule has 0 unspecified atom stereocenters. The van der Waals surface area contributed by atoms with Gasteiger partial charge >= 0.3 is 0 Å². The summed E-state index contributed by atoms with van der Waals surface area (Å²) in [6.45, 7) is 0.135. The van der Waals surface area contributed by atoms with Gasteiger partial charge in [0.25, 0.3) is 0 Å². The summed E-state index contributed by atoms with van der Waals surface area (Å²) in [5.41, 5.74) is 5.75. The number of amides is 1. The Balaban J connectivity index is -0.000000196. The van der Waals surface area contributed by atoms with Gasteiger partial charge in [0.1, 0.15) is 0 Å². The van der Waals surface area contributed by atoms with E-state index in [0.29, 0.717) is 0 Å². The first kappa shape index (κ1) is 17.5. The number of hydrogen-bond donors (Lipinski definition) is 1. The SMILES string of the molecule is CNC(=O)CN(C)[NH-].C[NH-].[Y]. The van der Waals surface area contributed by atoms with Crippen molar-refractivity contribution in [3.8, 4) is 0 Å². The largest absolute Gasteiger partial charge is 0.680 e. The van der Waals surface area contributed by atoms with E-state index in [1.54, 1.807) is 7.05 Å². The van der Waals surface area contributed by atoms with Crippen LogP contribution in [0.1, 0.15) is 0 Å². The van der Waals surface area contributed by atoms with Crippen molar-refractivity contribution in [1.82, 2.24) is 10.3 Å². The minimum Gasteiger partial charge on any atom is -0.680 e. The normalized spacial score (nSPS) is 7.45. The van der Waals surface area contributed by atoms with E-state index in [1.165, 1.54) is 14.1 Å². The molecule has 0 rings (SSSR count). The fourth-order valence-corrected chi connectivity index (χ4v) is 0.294. The fourth-order valence-electron chi connectivity index (χ4n) is 0.294. The van der Waals surface area contributed by atoms with Gasteiger partial charge in [-0.15, -0.1) is 0 Å². The smallest absolute Gasteiger partial charge is 0.232 e. The zero-order chi connectivity index (χ0) is 8.57. The maximum atomic E-state index is 10.3. The van der Waals surface area contributed by atoms with Crippen molar-refractivity contribution in [3.05, 3.63) is 11.6 Å². The van der Waals surface area contributed by atoms with E-state index in [9.17, 15) is 4.79 Å². The number of hydrogen-bond acceptors (Lipinski definition) is 2. The second-order valence-corrected chi connectivity index (χ2v) is 1.53. The summed E-state index contributed by atoms with van der Waals surface area (Å²) in [6, 6.07) is 0. The van der Waals surface area contributed by atoms with Crippen LogP contribution in [0.25, 0.3) is 11.6 Å². The molecule has 6 heteroatoms. The van der Waals surface area contributed by atoms with E-state index < -0.39 is 0 Å². The first-order valence-corrected chi connectivity index (χ1v) is 2.79. The Kier molecular flexibility index (Phi) is 20.8. The van der Waals surface area contributed by atoms with Gasteiger partial charge < -0.3 is 21.9 Å². The molecule has 5 nitrogen and oxygen atoms in total. The van der Waals surface area contributed by atoms with Gasteiger partial charge in [-0.3, -0.25) is 4.79 Å². The molecule has 0 aliphatic rings. The molecule has 0 aliphatic heterocycles. The summed E-state index contributed by atoms with van der Waals surface area (Å²) in [4.78, 5) is 10.3. The molecule has 0 fully saturated rings. The van der Waals surface area contributed by atoms with Gasteiger partial charge in [-0.2, -0.15) is 7.05 Å². The summed E-state index contributed by atoms with van der Waals surface area (Å²) in [5.74, 6) is 6.65. The molecule has 1 amide bonds. The summed E-state index contributed by atoms with van der Waals surface area (Å²) in [7, 11) is 4.32. The standard InChI is InChI=1S/C4H10N3O.CH4N.Y/c1-6-4(8)3-7(2)5;1-2;/h5H,3H2,1-2H3,(H,6,8);2H,1H3;/q2*-1;. The van der Waals surface area contributed by atoms with Gasteiger partial charge in [0.2, 0.25) is 5.91 Å². The van der Waals surface area contributed by atoms with E-state index >= 15 is 0 Å². The molecule has 0 aromatic rings. The van der Waals surface area contributed by atoms with Crippen molar-refractivity contribution in [3.63, 3.8) is 0 Å². The summed E-state index contributed by atoms with van der Waals surface area (Å²) >= 11 is 0. The molecule has 11 heavy (non-hydrogen) atoms. The maximum Gasteiger partial charge on any atom is 0.232 e. The topological polar surface area (TPSA) is 79.9 Å². The predicted octanol–water partition coefficient (Wildman–Crippen LogP) is 0.297. The molecule has 0 saturated heterocycles. The van der Waals surface area contributed by atoms with Gasteiger partial charge in [0.15, 0.2) is 0 Å². The van der Waals surface area contributed by atoms with Crippen molar-refractivity contribution in [1.29, 1.82) is 0 Å².